The number of halogens is 1. The molecule has 4 aromatic rings. The number of hydrogen-bond donors (Lipinski definition) is 1. The molecule has 0 bridgehead atoms. The van der Waals surface area contributed by atoms with Crippen LogP contribution in [-0.2, 0) is 4.74 Å². The van der Waals surface area contributed by atoms with Crippen LogP contribution in [0, 0.1) is 6.92 Å². The highest BCUT2D eigenvalue weighted by Gasteiger charge is 2.16. The van der Waals surface area contributed by atoms with Gasteiger partial charge in [-0.15, -0.1) is 0 Å². The Labute approximate surface area is 202 Å². The Bertz CT molecular complexity index is 1340. The number of rotatable bonds is 6. The van der Waals surface area contributed by atoms with E-state index in [1.807, 2.05) is 49.4 Å². The number of hydrogen-bond acceptors (Lipinski definition) is 8. The molecule has 0 atom stereocenters. The molecular weight excluding hydrogens is 452 g/mol. The molecule has 172 valence electrons. The van der Waals surface area contributed by atoms with Crippen molar-refractivity contribution in [3.63, 3.8) is 0 Å². The quantitative estimate of drug-likeness (QED) is 0.309. The minimum Gasteiger partial charge on any atom is -0.424 e. The number of pyridine rings is 1. The van der Waals surface area contributed by atoms with Crippen LogP contribution in [0.15, 0.2) is 65.9 Å². The van der Waals surface area contributed by atoms with Crippen molar-refractivity contribution in [2.24, 2.45) is 5.10 Å². The first kappa shape index (κ1) is 22.1. The van der Waals surface area contributed by atoms with E-state index in [1.165, 1.54) is 5.56 Å². The molecule has 1 aliphatic rings. The number of aromatic nitrogens is 3. The predicted molar refractivity (Wildman–Crippen MR) is 134 cm³/mol. The smallest absolute Gasteiger partial charge is 0.325 e. The summed E-state index contributed by atoms with van der Waals surface area (Å²) in [6, 6.07) is 17.4. The van der Waals surface area contributed by atoms with Crippen molar-refractivity contribution >= 4 is 40.4 Å². The van der Waals surface area contributed by atoms with E-state index in [4.69, 9.17) is 21.1 Å². The van der Waals surface area contributed by atoms with Crippen molar-refractivity contribution in [1.82, 2.24) is 15.0 Å². The van der Waals surface area contributed by atoms with Crippen molar-refractivity contribution in [3.05, 3.63) is 76.9 Å². The van der Waals surface area contributed by atoms with E-state index in [1.54, 1.807) is 18.5 Å². The maximum absolute atomic E-state index is 6.33. The van der Waals surface area contributed by atoms with Crippen LogP contribution in [0.3, 0.4) is 0 Å². The monoisotopic (exact) mass is 474 g/mol. The normalized spacial score (nSPS) is 14.0. The summed E-state index contributed by atoms with van der Waals surface area (Å²) in [5, 5.41) is 5.75. The SMILES string of the molecule is Cc1cccc(C=NNc2cc(N3CCOCC3)nc(Oc3ccc4nccc(Cl)c4c3)n2)c1. The number of aryl methyl sites for hydroxylation is 1. The molecule has 1 aliphatic heterocycles. The number of ether oxygens (including phenoxy) is 2. The van der Waals surface area contributed by atoms with Gasteiger partial charge in [-0.25, -0.2) is 0 Å². The average molecular weight is 475 g/mol. The molecule has 1 N–H and O–H groups in total. The molecule has 0 spiro atoms. The van der Waals surface area contributed by atoms with Crippen LogP contribution in [0.1, 0.15) is 11.1 Å². The van der Waals surface area contributed by atoms with Crippen molar-refractivity contribution in [2.75, 3.05) is 36.6 Å². The van der Waals surface area contributed by atoms with Crippen LogP contribution in [-0.4, -0.2) is 47.5 Å². The lowest BCUT2D eigenvalue weighted by Crippen LogP contribution is -2.36. The van der Waals surface area contributed by atoms with E-state index in [2.05, 4.69) is 36.4 Å². The molecule has 2 aromatic carbocycles. The Morgan fingerprint density at radius 3 is 2.82 bits per heavy atom. The van der Waals surface area contributed by atoms with Gasteiger partial charge < -0.3 is 14.4 Å². The molecule has 2 aromatic heterocycles. The molecule has 34 heavy (non-hydrogen) atoms. The number of benzene rings is 2. The fourth-order valence-corrected chi connectivity index (χ4v) is 3.86. The van der Waals surface area contributed by atoms with Gasteiger partial charge in [-0.3, -0.25) is 10.4 Å². The third-order valence-electron chi connectivity index (χ3n) is 5.33. The highest BCUT2D eigenvalue weighted by atomic mass is 35.5. The van der Waals surface area contributed by atoms with E-state index in [0.29, 0.717) is 29.8 Å². The molecule has 3 heterocycles. The lowest BCUT2D eigenvalue weighted by molar-refractivity contribution is 0.122. The lowest BCUT2D eigenvalue weighted by Gasteiger charge is -2.28. The maximum atomic E-state index is 6.33. The van der Waals surface area contributed by atoms with Gasteiger partial charge in [0.1, 0.15) is 11.6 Å². The molecule has 5 rings (SSSR count). The minimum atomic E-state index is 0.205. The number of hydrazone groups is 1. The molecule has 0 unspecified atom stereocenters. The Hall–Kier alpha value is -3.75. The summed E-state index contributed by atoms with van der Waals surface area (Å²) in [5.41, 5.74) is 5.96. The Morgan fingerprint density at radius 1 is 1.09 bits per heavy atom. The second-order valence-corrected chi connectivity index (χ2v) is 8.26. The molecule has 1 fully saturated rings. The summed E-state index contributed by atoms with van der Waals surface area (Å²) in [5.74, 6) is 1.83. The van der Waals surface area contributed by atoms with Crippen LogP contribution >= 0.6 is 11.6 Å². The van der Waals surface area contributed by atoms with Crippen LogP contribution in [0.25, 0.3) is 10.9 Å². The molecule has 0 aliphatic carbocycles. The molecule has 0 saturated carbocycles. The lowest BCUT2D eigenvalue weighted by atomic mass is 10.2. The van der Waals surface area contributed by atoms with E-state index < -0.39 is 0 Å². The Morgan fingerprint density at radius 2 is 1.97 bits per heavy atom. The second-order valence-electron chi connectivity index (χ2n) is 7.85. The van der Waals surface area contributed by atoms with Crippen molar-refractivity contribution in [3.8, 4) is 11.8 Å². The summed E-state index contributed by atoms with van der Waals surface area (Å²) in [6.45, 7) is 4.80. The summed E-state index contributed by atoms with van der Waals surface area (Å²) in [7, 11) is 0. The van der Waals surface area contributed by atoms with Gasteiger partial charge in [0.15, 0.2) is 5.82 Å². The fourth-order valence-electron chi connectivity index (χ4n) is 3.65. The first-order chi connectivity index (χ1) is 16.6. The summed E-state index contributed by atoms with van der Waals surface area (Å²) in [6.07, 6.45) is 3.43. The van der Waals surface area contributed by atoms with Crippen LogP contribution < -0.4 is 15.1 Å². The number of nitrogens with zero attached hydrogens (tertiary/aromatic N) is 5. The number of fused-ring (bicyclic) bond motifs is 1. The number of morpholine rings is 1. The van der Waals surface area contributed by atoms with Crippen molar-refractivity contribution in [1.29, 1.82) is 0 Å². The first-order valence-electron chi connectivity index (χ1n) is 10.9. The highest BCUT2D eigenvalue weighted by molar-refractivity contribution is 6.35. The Kier molecular flexibility index (Phi) is 6.51. The van der Waals surface area contributed by atoms with Gasteiger partial charge in [0.25, 0.3) is 0 Å². The summed E-state index contributed by atoms with van der Waals surface area (Å²) >= 11 is 6.33. The van der Waals surface area contributed by atoms with Crippen molar-refractivity contribution in [2.45, 2.75) is 6.92 Å². The minimum absolute atomic E-state index is 0.205. The van der Waals surface area contributed by atoms with Gasteiger partial charge in [0, 0.05) is 30.7 Å². The molecule has 1 saturated heterocycles. The van der Waals surface area contributed by atoms with Crippen LogP contribution in [0.4, 0.5) is 11.6 Å². The standard InChI is InChI=1S/C25H23ClN6O2/c1-17-3-2-4-18(13-17)16-28-31-23-15-24(32-9-11-33-12-10-32)30-25(29-23)34-19-5-6-22-20(14-19)21(26)7-8-27-22/h2-8,13-16H,9-12H2,1H3,(H,29,30,31). The second kappa shape index (κ2) is 10.0. The van der Waals surface area contributed by atoms with Gasteiger partial charge in [0.2, 0.25) is 0 Å². The van der Waals surface area contributed by atoms with Crippen LogP contribution in [0.2, 0.25) is 5.02 Å². The van der Waals surface area contributed by atoms with E-state index >= 15 is 0 Å². The zero-order valence-electron chi connectivity index (χ0n) is 18.6. The Balaban J connectivity index is 1.43. The fraction of sp³-hybridized carbons (Fsp3) is 0.200. The van der Waals surface area contributed by atoms with E-state index in [0.717, 1.165) is 35.4 Å². The average Bonchev–Trinajstić information content (AvgIpc) is 2.85. The molecule has 8 nitrogen and oxygen atoms in total. The van der Waals surface area contributed by atoms with E-state index in [9.17, 15) is 0 Å². The highest BCUT2D eigenvalue weighted by Crippen LogP contribution is 2.29. The first-order valence-corrected chi connectivity index (χ1v) is 11.3. The molecule has 0 amide bonds. The third kappa shape index (κ3) is 5.24. The van der Waals surface area contributed by atoms with Gasteiger partial charge in [-0.2, -0.15) is 15.1 Å². The van der Waals surface area contributed by atoms with Crippen LogP contribution in [0.5, 0.6) is 11.8 Å². The molecule has 0 radical (unpaired) electrons. The number of nitrogens with one attached hydrogen (secondary N) is 1. The largest absolute Gasteiger partial charge is 0.424 e. The predicted octanol–water partition coefficient (Wildman–Crippen LogP) is 5.06. The topological polar surface area (TPSA) is 84.8 Å². The summed E-state index contributed by atoms with van der Waals surface area (Å²) < 4.78 is 11.5. The van der Waals surface area contributed by atoms with Gasteiger partial charge in [-0.1, -0.05) is 41.4 Å². The molecule has 9 heteroatoms. The van der Waals surface area contributed by atoms with Gasteiger partial charge in [0.05, 0.1) is 30.0 Å². The molecular formula is C25H23ClN6O2. The van der Waals surface area contributed by atoms with Crippen molar-refractivity contribution < 1.29 is 9.47 Å². The zero-order chi connectivity index (χ0) is 23.3. The van der Waals surface area contributed by atoms with Gasteiger partial charge in [-0.05, 0) is 36.8 Å². The third-order valence-corrected chi connectivity index (χ3v) is 5.66. The zero-order valence-corrected chi connectivity index (χ0v) is 19.4. The van der Waals surface area contributed by atoms with E-state index in [-0.39, 0.29) is 6.01 Å². The van der Waals surface area contributed by atoms with Gasteiger partial charge >= 0.3 is 6.01 Å². The number of anilines is 2. The summed E-state index contributed by atoms with van der Waals surface area (Å²) in [4.78, 5) is 15.6. The maximum Gasteiger partial charge on any atom is 0.325 e.